The third-order valence-electron chi connectivity index (χ3n) is 6.71. The lowest BCUT2D eigenvalue weighted by atomic mass is 10.1. The van der Waals surface area contributed by atoms with Crippen molar-refractivity contribution in [3.8, 4) is 17.6 Å². The molecule has 2 aromatic carbocycles. The lowest BCUT2D eigenvalue weighted by Gasteiger charge is -2.27. The molecule has 2 aliphatic heterocycles. The van der Waals surface area contributed by atoms with Gasteiger partial charge in [0.05, 0.1) is 28.9 Å². The highest BCUT2D eigenvalue weighted by Crippen LogP contribution is 2.49. The van der Waals surface area contributed by atoms with E-state index in [0.29, 0.717) is 51.4 Å². The zero-order valence-electron chi connectivity index (χ0n) is 18.3. The highest BCUT2D eigenvalue weighted by atomic mass is 35.5. The molecule has 9 nitrogen and oxygen atoms in total. The minimum absolute atomic E-state index is 0.0242. The first-order valence-electron chi connectivity index (χ1n) is 11.0. The van der Waals surface area contributed by atoms with E-state index in [0.717, 1.165) is 0 Å². The monoisotopic (exact) mass is 487 g/mol. The molecule has 0 radical (unpaired) electrons. The molecule has 35 heavy (non-hydrogen) atoms. The molecule has 2 aliphatic rings. The molecule has 1 unspecified atom stereocenters. The number of carbonyl (C=O) groups is 1. The van der Waals surface area contributed by atoms with Crippen molar-refractivity contribution in [2.24, 2.45) is 0 Å². The molecule has 0 saturated carbocycles. The number of aromatic nitrogens is 3. The summed E-state index contributed by atoms with van der Waals surface area (Å²) < 4.78 is 8.27. The standard InChI is InChI=1S/C25H18ClN5O4/c26-18-6-2-1-4-15(18)13-35-25(34)29-12-16-10-20(29)22-23(32)31(24(33)30(16)22)19-8-7-14(11-27)21-17(19)5-3-9-28-21/h1-9,16,20,32H,10,12-13H2/t16-,20?/m1/s1. The molecule has 2 aromatic heterocycles. The van der Waals surface area contributed by atoms with Gasteiger partial charge in [-0.05, 0) is 36.8 Å². The number of halogens is 1. The van der Waals surface area contributed by atoms with Crippen molar-refractivity contribution >= 4 is 28.6 Å². The third kappa shape index (κ3) is 3.11. The van der Waals surface area contributed by atoms with Crippen molar-refractivity contribution in [3.63, 3.8) is 0 Å². The topological polar surface area (TPSA) is 113 Å². The smallest absolute Gasteiger partial charge is 0.410 e. The number of nitriles is 1. The fourth-order valence-corrected chi connectivity index (χ4v) is 5.34. The van der Waals surface area contributed by atoms with Crippen LogP contribution in [0.2, 0.25) is 5.02 Å². The zero-order chi connectivity index (χ0) is 24.3. The lowest BCUT2D eigenvalue weighted by Crippen LogP contribution is -2.38. The summed E-state index contributed by atoms with van der Waals surface area (Å²) in [6.45, 7) is 0.328. The van der Waals surface area contributed by atoms with Gasteiger partial charge in [-0.15, -0.1) is 0 Å². The van der Waals surface area contributed by atoms with E-state index >= 15 is 0 Å². The predicted molar refractivity (Wildman–Crippen MR) is 126 cm³/mol. The maximum atomic E-state index is 13.4. The maximum Gasteiger partial charge on any atom is 0.410 e. The van der Waals surface area contributed by atoms with Crippen LogP contribution in [-0.2, 0) is 11.3 Å². The second-order valence-corrected chi connectivity index (χ2v) is 8.95. The number of imidazole rings is 1. The van der Waals surface area contributed by atoms with Crippen LogP contribution in [0.5, 0.6) is 5.88 Å². The third-order valence-corrected chi connectivity index (χ3v) is 7.08. The average Bonchev–Trinajstić information content (AvgIpc) is 3.54. The van der Waals surface area contributed by atoms with Gasteiger partial charge >= 0.3 is 11.8 Å². The van der Waals surface area contributed by atoms with E-state index in [9.17, 15) is 20.0 Å². The Morgan fingerprint density at radius 3 is 2.86 bits per heavy atom. The second kappa shape index (κ2) is 7.89. The van der Waals surface area contributed by atoms with Gasteiger partial charge in [0.1, 0.15) is 18.4 Å². The molecule has 1 saturated heterocycles. The van der Waals surface area contributed by atoms with Crippen molar-refractivity contribution in [1.29, 1.82) is 5.26 Å². The van der Waals surface area contributed by atoms with Crippen LogP contribution in [0.15, 0.2) is 59.5 Å². The van der Waals surface area contributed by atoms with Crippen molar-refractivity contribution in [2.75, 3.05) is 6.54 Å². The fraction of sp³-hybridized carbons (Fsp3) is 0.200. The van der Waals surface area contributed by atoms with Gasteiger partial charge in [0.25, 0.3) is 0 Å². The van der Waals surface area contributed by atoms with E-state index in [-0.39, 0.29) is 18.5 Å². The van der Waals surface area contributed by atoms with Gasteiger partial charge in [0.15, 0.2) is 0 Å². The molecule has 1 amide bonds. The van der Waals surface area contributed by atoms with Crippen molar-refractivity contribution in [2.45, 2.75) is 25.1 Å². The number of carbonyl (C=O) groups excluding carboxylic acids is 1. The number of ether oxygens (including phenoxy) is 1. The Labute approximate surface area is 204 Å². The molecule has 6 rings (SSSR count). The predicted octanol–water partition coefficient (Wildman–Crippen LogP) is 4.06. The van der Waals surface area contributed by atoms with E-state index in [1.165, 1.54) is 4.57 Å². The first-order chi connectivity index (χ1) is 17.0. The molecule has 2 atom stereocenters. The van der Waals surface area contributed by atoms with E-state index in [2.05, 4.69) is 11.1 Å². The summed E-state index contributed by atoms with van der Waals surface area (Å²) in [4.78, 5) is 32.1. The normalized spacial score (nSPS) is 18.0. The molecule has 1 N–H and O–H groups in total. The van der Waals surface area contributed by atoms with Gasteiger partial charge in [-0.3, -0.25) is 14.5 Å². The Morgan fingerprint density at radius 2 is 2.06 bits per heavy atom. The number of amides is 1. The van der Waals surface area contributed by atoms with Crippen LogP contribution >= 0.6 is 11.6 Å². The molecule has 2 bridgehead atoms. The lowest BCUT2D eigenvalue weighted by molar-refractivity contribution is 0.0870. The van der Waals surface area contributed by atoms with Crippen LogP contribution in [-0.4, -0.2) is 36.8 Å². The maximum absolute atomic E-state index is 13.4. The quantitative estimate of drug-likeness (QED) is 0.466. The van der Waals surface area contributed by atoms with E-state index < -0.39 is 17.8 Å². The SMILES string of the molecule is N#Cc1ccc(-n2c(O)c3n(c2=O)[C@@H]2CC3N(C(=O)OCc3ccccc3Cl)C2)c2cccnc12. The highest BCUT2D eigenvalue weighted by Gasteiger charge is 2.49. The largest absolute Gasteiger partial charge is 0.493 e. The van der Waals surface area contributed by atoms with Gasteiger partial charge in [-0.1, -0.05) is 29.8 Å². The van der Waals surface area contributed by atoms with Crippen molar-refractivity contribution in [3.05, 3.63) is 87.1 Å². The fourth-order valence-electron chi connectivity index (χ4n) is 5.15. The van der Waals surface area contributed by atoms with E-state index in [1.807, 2.05) is 6.07 Å². The Kier molecular flexibility index (Phi) is 4.79. The Balaban J connectivity index is 1.36. The van der Waals surface area contributed by atoms with E-state index in [4.69, 9.17) is 16.3 Å². The number of likely N-dealkylation sites (tertiary alicyclic amines) is 1. The first-order valence-corrected chi connectivity index (χ1v) is 11.4. The molecule has 0 aliphatic carbocycles. The van der Waals surface area contributed by atoms with Crippen LogP contribution in [0, 0.1) is 11.3 Å². The first kappa shape index (κ1) is 21.3. The van der Waals surface area contributed by atoms with Crippen LogP contribution in [0.25, 0.3) is 16.6 Å². The summed E-state index contributed by atoms with van der Waals surface area (Å²) in [5.41, 5.74) is 1.91. The molecule has 0 spiro atoms. The van der Waals surface area contributed by atoms with Crippen LogP contribution < -0.4 is 5.69 Å². The van der Waals surface area contributed by atoms with E-state index in [1.54, 1.807) is 58.1 Å². The molecular formula is C25H18ClN5O4. The molecule has 1 fully saturated rings. The summed E-state index contributed by atoms with van der Waals surface area (Å²) in [7, 11) is 0. The van der Waals surface area contributed by atoms with Crippen molar-refractivity contribution in [1.82, 2.24) is 19.0 Å². The second-order valence-electron chi connectivity index (χ2n) is 8.54. The summed E-state index contributed by atoms with van der Waals surface area (Å²) in [5, 5.41) is 21.7. The van der Waals surface area contributed by atoms with Crippen LogP contribution in [0.1, 0.15) is 35.3 Å². The van der Waals surface area contributed by atoms with Crippen molar-refractivity contribution < 1.29 is 14.6 Å². The van der Waals surface area contributed by atoms with Crippen LogP contribution in [0.3, 0.4) is 0 Å². The molecule has 174 valence electrons. The minimum atomic E-state index is -0.531. The number of hydrogen-bond donors (Lipinski definition) is 1. The summed E-state index contributed by atoms with van der Waals surface area (Å²) in [6, 6.07) is 15.1. The Hall–Kier alpha value is -4.29. The van der Waals surface area contributed by atoms with Gasteiger partial charge in [0, 0.05) is 28.7 Å². The molecule has 4 heterocycles. The minimum Gasteiger partial charge on any atom is -0.493 e. The summed E-state index contributed by atoms with van der Waals surface area (Å²) >= 11 is 6.16. The Bertz CT molecular complexity index is 1620. The molecule has 10 heteroatoms. The number of fused-ring (bicyclic) bond motifs is 6. The molecular weight excluding hydrogens is 470 g/mol. The molecule has 4 aromatic rings. The number of rotatable bonds is 3. The highest BCUT2D eigenvalue weighted by molar-refractivity contribution is 6.31. The number of benzene rings is 2. The summed E-state index contributed by atoms with van der Waals surface area (Å²) in [6.07, 6.45) is 1.56. The van der Waals surface area contributed by atoms with Gasteiger partial charge in [-0.25, -0.2) is 14.2 Å². The number of aromatic hydroxyl groups is 1. The summed E-state index contributed by atoms with van der Waals surface area (Å²) in [5.74, 6) is -0.235. The van der Waals surface area contributed by atoms with Gasteiger partial charge in [-0.2, -0.15) is 5.26 Å². The number of nitrogens with zero attached hydrogens (tertiary/aromatic N) is 5. The van der Waals surface area contributed by atoms with Crippen LogP contribution in [0.4, 0.5) is 4.79 Å². The zero-order valence-corrected chi connectivity index (χ0v) is 19.0. The van der Waals surface area contributed by atoms with Gasteiger partial charge < -0.3 is 9.84 Å². The number of pyridine rings is 1. The number of hydrogen-bond acceptors (Lipinski definition) is 6. The Morgan fingerprint density at radius 1 is 1.23 bits per heavy atom. The average molecular weight is 488 g/mol. The van der Waals surface area contributed by atoms with Gasteiger partial charge in [0.2, 0.25) is 5.88 Å².